The number of carbonyl (C=O) groups is 1. The van der Waals surface area contributed by atoms with Gasteiger partial charge in [-0.15, -0.1) is 0 Å². The minimum Gasteiger partial charge on any atom is -0.335 e. The topological polar surface area (TPSA) is 34.9 Å². The summed E-state index contributed by atoms with van der Waals surface area (Å²) in [6.45, 7) is 4.76. The molecule has 0 aliphatic rings. The summed E-state index contributed by atoms with van der Waals surface area (Å²) in [4.78, 5) is 16.3. The van der Waals surface area contributed by atoms with Crippen LogP contribution < -0.4 is 0 Å². The number of imidazole rings is 1. The van der Waals surface area contributed by atoms with E-state index >= 15 is 0 Å². The second kappa shape index (κ2) is 5.36. The zero-order valence-corrected chi connectivity index (χ0v) is 11.2. The molecule has 2 rings (SSSR count). The lowest BCUT2D eigenvalue weighted by Gasteiger charge is -2.05. The predicted molar refractivity (Wildman–Crippen MR) is 72.1 cm³/mol. The van der Waals surface area contributed by atoms with Crippen molar-refractivity contribution in [1.29, 1.82) is 0 Å². The van der Waals surface area contributed by atoms with Crippen LogP contribution in [0.4, 0.5) is 0 Å². The lowest BCUT2D eigenvalue weighted by atomic mass is 10.1. The Bertz CT molecular complexity index is 575. The monoisotopic (exact) mass is 262 g/mol. The molecule has 0 saturated carbocycles. The molecule has 0 saturated heterocycles. The summed E-state index contributed by atoms with van der Waals surface area (Å²) in [6, 6.07) is 5.39. The average molecular weight is 263 g/mol. The van der Waals surface area contributed by atoms with Crippen LogP contribution in [0.15, 0.2) is 30.6 Å². The summed E-state index contributed by atoms with van der Waals surface area (Å²) in [7, 11) is 0. The second-order valence-corrected chi connectivity index (χ2v) is 4.60. The first kappa shape index (κ1) is 12.8. The summed E-state index contributed by atoms with van der Waals surface area (Å²) < 4.78 is 1.97. The van der Waals surface area contributed by atoms with Crippen LogP contribution in [0.1, 0.15) is 28.7 Å². The lowest BCUT2D eigenvalue weighted by Crippen LogP contribution is -2.09. The van der Waals surface area contributed by atoms with E-state index in [1.165, 1.54) is 0 Å². The van der Waals surface area contributed by atoms with Gasteiger partial charge in [0.2, 0.25) is 0 Å². The van der Waals surface area contributed by atoms with E-state index in [-0.39, 0.29) is 5.78 Å². The largest absolute Gasteiger partial charge is 0.335 e. The van der Waals surface area contributed by atoms with Crippen molar-refractivity contribution in [3.05, 3.63) is 52.6 Å². The van der Waals surface area contributed by atoms with E-state index in [0.717, 1.165) is 17.9 Å². The average Bonchev–Trinajstić information content (AvgIpc) is 2.79. The standard InChI is InChI=1S/C14H15ClN2O/c1-3-17-7-6-16-14(17)9-13(18)11-5-4-10(2)12(15)8-11/h4-8H,3,9H2,1-2H3. The molecule has 1 heterocycles. The molecule has 2 aromatic rings. The Morgan fingerprint density at radius 1 is 1.44 bits per heavy atom. The Labute approximate surface area is 111 Å². The van der Waals surface area contributed by atoms with Gasteiger partial charge in [-0.25, -0.2) is 4.98 Å². The highest BCUT2D eigenvalue weighted by atomic mass is 35.5. The fourth-order valence-electron chi connectivity index (χ4n) is 1.81. The first-order valence-corrected chi connectivity index (χ1v) is 6.29. The fraction of sp³-hybridized carbons (Fsp3) is 0.286. The smallest absolute Gasteiger partial charge is 0.170 e. The molecule has 0 aliphatic heterocycles. The predicted octanol–water partition coefficient (Wildman–Crippen LogP) is 3.29. The molecular weight excluding hydrogens is 248 g/mol. The van der Waals surface area contributed by atoms with E-state index in [0.29, 0.717) is 17.0 Å². The van der Waals surface area contributed by atoms with Crippen LogP contribution in [-0.2, 0) is 13.0 Å². The molecule has 0 N–H and O–H groups in total. The van der Waals surface area contributed by atoms with Gasteiger partial charge in [-0.2, -0.15) is 0 Å². The Hall–Kier alpha value is -1.61. The quantitative estimate of drug-likeness (QED) is 0.793. The highest BCUT2D eigenvalue weighted by Gasteiger charge is 2.11. The summed E-state index contributed by atoms with van der Waals surface area (Å²) in [6.07, 6.45) is 3.90. The molecule has 0 unspecified atom stereocenters. The SMILES string of the molecule is CCn1ccnc1CC(=O)c1ccc(C)c(Cl)c1. The van der Waals surface area contributed by atoms with Gasteiger partial charge in [-0.1, -0.05) is 23.7 Å². The maximum absolute atomic E-state index is 12.1. The number of aryl methyl sites for hydroxylation is 2. The van der Waals surface area contributed by atoms with Crippen LogP contribution in [0.3, 0.4) is 0 Å². The van der Waals surface area contributed by atoms with Crippen molar-refractivity contribution in [1.82, 2.24) is 9.55 Å². The Morgan fingerprint density at radius 3 is 2.89 bits per heavy atom. The first-order valence-electron chi connectivity index (χ1n) is 5.91. The number of aromatic nitrogens is 2. The van der Waals surface area contributed by atoms with Gasteiger partial charge in [-0.05, 0) is 25.5 Å². The van der Waals surface area contributed by atoms with E-state index in [9.17, 15) is 4.79 Å². The van der Waals surface area contributed by atoms with E-state index in [4.69, 9.17) is 11.6 Å². The molecule has 1 aromatic heterocycles. The van der Waals surface area contributed by atoms with Crippen LogP contribution in [0.2, 0.25) is 5.02 Å². The second-order valence-electron chi connectivity index (χ2n) is 4.19. The van der Waals surface area contributed by atoms with Gasteiger partial charge in [0, 0.05) is 29.5 Å². The number of nitrogens with zero attached hydrogens (tertiary/aromatic N) is 2. The van der Waals surface area contributed by atoms with Crippen molar-refractivity contribution in [2.24, 2.45) is 0 Å². The summed E-state index contributed by atoms with van der Waals surface area (Å²) in [5.74, 6) is 0.831. The Balaban J connectivity index is 2.19. The molecular formula is C14H15ClN2O. The number of halogens is 1. The summed E-state index contributed by atoms with van der Waals surface area (Å²) in [5, 5.41) is 0.625. The van der Waals surface area contributed by atoms with Crippen molar-refractivity contribution < 1.29 is 4.79 Å². The van der Waals surface area contributed by atoms with Gasteiger partial charge in [-0.3, -0.25) is 4.79 Å². The molecule has 0 atom stereocenters. The van der Waals surface area contributed by atoms with Gasteiger partial charge >= 0.3 is 0 Å². The van der Waals surface area contributed by atoms with E-state index in [1.807, 2.05) is 36.7 Å². The Kier molecular flexibility index (Phi) is 3.82. The van der Waals surface area contributed by atoms with Crippen molar-refractivity contribution in [2.75, 3.05) is 0 Å². The van der Waals surface area contributed by atoms with E-state index in [1.54, 1.807) is 12.3 Å². The Morgan fingerprint density at radius 2 is 2.22 bits per heavy atom. The number of carbonyl (C=O) groups excluding carboxylic acids is 1. The first-order chi connectivity index (χ1) is 8.61. The number of ketones is 1. The van der Waals surface area contributed by atoms with Crippen molar-refractivity contribution in [3.63, 3.8) is 0 Å². The molecule has 3 nitrogen and oxygen atoms in total. The van der Waals surface area contributed by atoms with Crippen molar-refractivity contribution in [3.8, 4) is 0 Å². The summed E-state index contributed by atoms with van der Waals surface area (Å²) in [5.41, 5.74) is 1.61. The zero-order valence-electron chi connectivity index (χ0n) is 10.5. The highest BCUT2D eigenvalue weighted by Crippen LogP contribution is 2.18. The number of Topliss-reactive ketones (excluding diaryl/α,β-unsaturated/α-hetero) is 1. The highest BCUT2D eigenvalue weighted by molar-refractivity contribution is 6.31. The minimum atomic E-state index is 0.0396. The molecule has 0 amide bonds. The zero-order chi connectivity index (χ0) is 13.1. The van der Waals surface area contributed by atoms with Gasteiger partial charge in [0.05, 0.1) is 6.42 Å². The number of benzene rings is 1. The molecule has 1 aromatic carbocycles. The van der Waals surface area contributed by atoms with Crippen LogP contribution in [-0.4, -0.2) is 15.3 Å². The minimum absolute atomic E-state index is 0.0396. The molecule has 0 fully saturated rings. The van der Waals surface area contributed by atoms with Crippen LogP contribution in [0.25, 0.3) is 0 Å². The molecule has 94 valence electrons. The number of hydrogen-bond acceptors (Lipinski definition) is 2. The van der Waals surface area contributed by atoms with Crippen LogP contribution in [0.5, 0.6) is 0 Å². The maximum Gasteiger partial charge on any atom is 0.170 e. The van der Waals surface area contributed by atoms with Gasteiger partial charge in [0.15, 0.2) is 5.78 Å². The third-order valence-corrected chi connectivity index (χ3v) is 3.36. The number of hydrogen-bond donors (Lipinski definition) is 0. The number of rotatable bonds is 4. The molecule has 0 radical (unpaired) electrons. The van der Waals surface area contributed by atoms with Gasteiger partial charge in [0.25, 0.3) is 0 Å². The lowest BCUT2D eigenvalue weighted by molar-refractivity contribution is 0.0990. The maximum atomic E-state index is 12.1. The molecule has 0 aliphatic carbocycles. The molecule has 0 bridgehead atoms. The molecule has 4 heteroatoms. The van der Waals surface area contributed by atoms with Crippen molar-refractivity contribution >= 4 is 17.4 Å². The van der Waals surface area contributed by atoms with Crippen molar-refractivity contribution in [2.45, 2.75) is 26.8 Å². The van der Waals surface area contributed by atoms with E-state index in [2.05, 4.69) is 4.98 Å². The van der Waals surface area contributed by atoms with Gasteiger partial charge in [0.1, 0.15) is 5.82 Å². The molecule has 18 heavy (non-hydrogen) atoms. The fourth-order valence-corrected chi connectivity index (χ4v) is 1.99. The third kappa shape index (κ3) is 2.62. The van der Waals surface area contributed by atoms with Crippen LogP contribution in [0, 0.1) is 6.92 Å². The third-order valence-electron chi connectivity index (χ3n) is 2.95. The van der Waals surface area contributed by atoms with Crippen LogP contribution >= 0.6 is 11.6 Å². The summed E-state index contributed by atoms with van der Waals surface area (Å²) >= 11 is 6.03. The van der Waals surface area contributed by atoms with E-state index < -0.39 is 0 Å². The van der Waals surface area contributed by atoms with Gasteiger partial charge < -0.3 is 4.57 Å². The molecule has 0 spiro atoms. The normalized spacial score (nSPS) is 10.6.